The molecule has 2 N–H and O–H groups in total. The van der Waals surface area contributed by atoms with Gasteiger partial charge in [-0.3, -0.25) is 4.79 Å². The van der Waals surface area contributed by atoms with Gasteiger partial charge < -0.3 is 15.5 Å². The second-order valence-electron chi connectivity index (χ2n) is 4.03. The molecule has 1 rings (SSSR count). The lowest BCUT2D eigenvalue weighted by atomic mass is 10.0. The summed E-state index contributed by atoms with van der Waals surface area (Å²) in [5, 5.41) is 0. The van der Waals surface area contributed by atoms with Crippen molar-refractivity contribution in [1.82, 2.24) is 9.80 Å². The first kappa shape index (κ1) is 11.5. The van der Waals surface area contributed by atoms with Gasteiger partial charge in [-0.05, 0) is 19.9 Å². The summed E-state index contributed by atoms with van der Waals surface area (Å²) in [5.74, 6) is 0.191. The summed E-state index contributed by atoms with van der Waals surface area (Å²) in [6.07, 6.45) is 2.29. The van der Waals surface area contributed by atoms with Gasteiger partial charge in [0.15, 0.2) is 0 Å². The fraction of sp³-hybridized carbons (Fsp3) is 0.900. The van der Waals surface area contributed by atoms with E-state index in [1.807, 2.05) is 4.90 Å². The van der Waals surface area contributed by atoms with Crippen LogP contribution in [-0.4, -0.2) is 55.0 Å². The average molecular weight is 199 g/mol. The van der Waals surface area contributed by atoms with Gasteiger partial charge in [0.2, 0.25) is 5.91 Å². The number of likely N-dealkylation sites (tertiary alicyclic amines) is 1. The molecule has 0 aromatic carbocycles. The van der Waals surface area contributed by atoms with Crippen LogP contribution in [0.4, 0.5) is 0 Å². The highest BCUT2D eigenvalue weighted by Gasteiger charge is 2.23. The number of rotatable bonds is 3. The molecule has 0 saturated carbocycles. The summed E-state index contributed by atoms with van der Waals surface area (Å²) < 4.78 is 0. The summed E-state index contributed by atoms with van der Waals surface area (Å²) in [6, 6.07) is 0.496. The van der Waals surface area contributed by atoms with Crippen molar-refractivity contribution in [3.63, 3.8) is 0 Å². The van der Waals surface area contributed by atoms with Crippen LogP contribution in [0.25, 0.3) is 0 Å². The molecule has 82 valence electrons. The Morgan fingerprint density at radius 3 is 2.93 bits per heavy atom. The SMILES string of the molecule is CC(=O)N1CCC[C@@H](N(C)CCN)C1. The first-order valence-electron chi connectivity index (χ1n) is 5.31. The maximum absolute atomic E-state index is 11.2. The summed E-state index contributed by atoms with van der Waals surface area (Å²) in [5.41, 5.74) is 5.51. The van der Waals surface area contributed by atoms with Crippen molar-refractivity contribution in [2.24, 2.45) is 5.73 Å². The standard InChI is InChI=1S/C10H21N3O/c1-9(14)13-6-3-4-10(8-13)12(2)7-5-11/h10H,3-8,11H2,1-2H3/t10-/m1/s1. The van der Waals surface area contributed by atoms with E-state index in [0.717, 1.165) is 26.1 Å². The molecule has 0 unspecified atom stereocenters. The van der Waals surface area contributed by atoms with Crippen molar-refractivity contribution in [3.8, 4) is 0 Å². The predicted octanol–water partition coefficient (Wildman–Crippen LogP) is -0.112. The summed E-state index contributed by atoms with van der Waals surface area (Å²) >= 11 is 0. The Bertz CT molecular complexity index is 196. The number of hydrogen-bond donors (Lipinski definition) is 1. The number of hydrogen-bond acceptors (Lipinski definition) is 3. The average Bonchev–Trinajstić information content (AvgIpc) is 2.18. The monoisotopic (exact) mass is 199 g/mol. The third kappa shape index (κ3) is 2.96. The normalized spacial score (nSPS) is 22.9. The van der Waals surface area contributed by atoms with Gasteiger partial charge in [0, 0.05) is 39.1 Å². The second kappa shape index (κ2) is 5.32. The van der Waals surface area contributed by atoms with Crippen LogP contribution >= 0.6 is 0 Å². The smallest absolute Gasteiger partial charge is 0.219 e. The fourth-order valence-electron chi connectivity index (χ4n) is 1.99. The van der Waals surface area contributed by atoms with E-state index in [2.05, 4.69) is 11.9 Å². The first-order chi connectivity index (χ1) is 6.65. The van der Waals surface area contributed by atoms with Crippen LogP contribution in [-0.2, 0) is 4.79 Å². The van der Waals surface area contributed by atoms with E-state index in [0.29, 0.717) is 12.6 Å². The Morgan fingerprint density at radius 1 is 1.64 bits per heavy atom. The zero-order valence-electron chi connectivity index (χ0n) is 9.20. The minimum Gasteiger partial charge on any atom is -0.341 e. The van der Waals surface area contributed by atoms with Crippen LogP contribution in [0.15, 0.2) is 0 Å². The Morgan fingerprint density at radius 2 is 2.36 bits per heavy atom. The van der Waals surface area contributed by atoms with Crippen LogP contribution in [0.5, 0.6) is 0 Å². The van der Waals surface area contributed by atoms with Gasteiger partial charge in [0.05, 0.1) is 0 Å². The van der Waals surface area contributed by atoms with Gasteiger partial charge in [0.25, 0.3) is 0 Å². The van der Waals surface area contributed by atoms with Crippen molar-refractivity contribution in [3.05, 3.63) is 0 Å². The predicted molar refractivity (Wildman–Crippen MR) is 57.0 cm³/mol. The summed E-state index contributed by atoms with van der Waals surface area (Å²) in [6.45, 7) is 5.03. The lowest BCUT2D eigenvalue weighted by molar-refractivity contribution is -0.130. The highest BCUT2D eigenvalue weighted by atomic mass is 16.2. The third-order valence-electron chi connectivity index (χ3n) is 2.95. The van der Waals surface area contributed by atoms with Gasteiger partial charge in [-0.2, -0.15) is 0 Å². The molecule has 0 bridgehead atoms. The minimum absolute atomic E-state index is 0.191. The second-order valence-corrected chi connectivity index (χ2v) is 4.03. The highest BCUT2D eigenvalue weighted by molar-refractivity contribution is 5.73. The molecule has 0 spiro atoms. The molecule has 0 aromatic heterocycles. The Balaban J connectivity index is 2.43. The van der Waals surface area contributed by atoms with E-state index < -0.39 is 0 Å². The number of piperidine rings is 1. The largest absolute Gasteiger partial charge is 0.341 e. The Labute approximate surface area is 86.0 Å². The molecular formula is C10H21N3O. The molecule has 1 atom stereocenters. The molecule has 4 heteroatoms. The number of carbonyl (C=O) groups is 1. The molecule has 1 aliphatic heterocycles. The van der Waals surface area contributed by atoms with Gasteiger partial charge in [-0.15, -0.1) is 0 Å². The van der Waals surface area contributed by atoms with Crippen LogP contribution in [0.3, 0.4) is 0 Å². The van der Waals surface area contributed by atoms with Gasteiger partial charge in [0.1, 0.15) is 0 Å². The van der Waals surface area contributed by atoms with Crippen LogP contribution in [0, 0.1) is 0 Å². The lowest BCUT2D eigenvalue weighted by Crippen LogP contribution is -2.49. The molecule has 0 radical (unpaired) electrons. The van der Waals surface area contributed by atoms with Crippen molar-refractivity contribution in [2.75, 3.05) is 33.2 Å². The lowest BCUT2D eigenvalue weighted by Gasteiger charge is -2.37. The zero-order valence-corrected chi connectivity index (χ0v) is 9.20. The van der Waals surface area contributed by atoms with Gasteiger partial charge >= 0.3 is 0 Å². The van der Waals surface area contributed by atoms with Crippen LogP contribution in [0.2, 0.25) is 0 Å². The van der Waals surface area contributed by atoms with Crippen molar-refractivity contribution >= 4 is 5.91 Å². The molecule has 1 heterocycles. The van der Waals surface area contributed by atoms with Crippen molar-refractivity contribution in [1.29, 1.82) is 0 Å². The molecule has 1 amide bonds. The highest BCUT2D eigenvalue weighted by Crippen LogP contribution is 2.14. The van der Waals surface area contributed by atoms with E-state index >= 15 is 0 Å². The number of amides is 1. The first-order valence-corrected chi connectivity index (χ1v) is 5.31. The molecular weight excluding hydrogens is 178 g/mol. The van der Waals surface area contributed by atoms with Crippen molar-refractivity contribution in [2.45, 2.75) is 25.8 Å². The fourth-order valence-corrected chi connectivity index (χ4v) is 1.99. The molecule has 1 fully saturated rings. The van der Waals surface area contributed by atoms with Gasteiger partial charge in [-0.25, -0.2) is 0 Å². The number of carbonyl (C=O) groups excluding carboxylic acids is 1. The Kier molecular flexibility index (Phi) is 4.35. The zero-order chi connectivity index (χ0) is 10.6. The number of nitrogens with two attached hydrogens (primary N) is 1. The Hall–Kier alpha value is -0.610. The topological polar surface area (TPSA) is 49.6 Å². The van der Waals surface area contributed by atoms with E-state index in [1.54, 1.807) is 6.92 Å². The maximum Gasteiger partial charge on any atom is 0.219 e. The molecule has 1 aliphatic rings. The van der Waals surface area contributed by atoms with E-state index in [1.165, 1.54) is 6.42 Å². The minimum atomic E-state index is 0.191. The molecule has 14 heavy (non-hydrogen) atoms. The molecule has 4 nitrogen and oxygen atoms in total. The molecule has 1 saturated heterocycles. The maximum atomic E-state index is 11.2. The molecule has 0 aliphatic carbocycles. The molecule has 0 aromatic rings. The third-order valence-corrected chi connectivity index (χ3v) is 2.95. The van der Waals surface area contributed by atoms with Gasteiger partial charge in [-0.1, -0.05) is 0 Å². The summed E-state index contributed by atoms with van der Waals surface area (Å²) in [4.78, 5) is 15.4. The van der Waals surface area contributed by atoms with E-state index in [-0.39, 0.29) is 5.91 Å². The number of likely N-dealkylation sites (N-methyl/N-ethyl adjacent to an activating group) is 1. The summed E-state index contributed by atoms with van der Waals surface area (Å²) in [7, 11) is 2.08. The van der Waals surface area contributed by atoms with Crippen LogP contribution in [0.1, 0.15) is 19.8 Å². The van der Waals surface area contributed by atoms with Crippen LogP contribution < -0.4 is 5.73 Å². The quantitative estimate of drug-likeness (QED) is 0.690. The van der Waals surface area contributed by atoms with E-state index in [4.69, 9.17) is 5.73 Å². The van der Waals surface area contributed by atoms with E-state index in [9.17, 15) is 4.79 Å². The van der Waals surface area contributed by atoms with Crippen molar-refractivity contribution < 1.29 is 4.79 Å². The number of nitrogens with zero attached hydrogens (tertiary/aromatic N) is 2.